The number of hydrogen-bond acceptors (Lipinski definition) is 32. The van der Waals surface area contributed by atoms with Crippen LogP contribution in [-0.2, 0) is 52.7 Å². The van der Waals surface area contributed by atoms with Crippen molar-refractivity contribution in [2.24, 2.45) is 29.6 Å². The van der Waals surface area contributed by atoms with E-state index in [9.17, 15) is 38.4 Å². The maximum absolute atomic E-state index is 12.5. The lowest BCUT2D eigenvalue weighted by Gasteiger charge is -2.43. The highest BCUT2D eigenvalue weighted by molar-refractivity contribution is 5.97. The number of carbonyl (C=O) groups excluding carboxylic acids is 11. The molecule has 0 saturated carbocycles. The van der Waals surface area contributed by atoms with Crippen molar-refractivity contribution in [1.29, 1.82) is 31.7 Å². The van der Waals surface area contributed by atoms with Crippen LogP contribution in [0.5, 0.6) is 0 Å². The van der Waals surface area contributed by atoms with Crippen LogP contribution >= 0.6 is 0 Å². The molecule has 5 saturated heterocycles. The van der Waals surface area contributed by atoms with Gasteiger partial charge >= 0.3 is 6.15 Å². The van der Waals surface area contributed by atoms with Crippen molar-refractivity contribution in [3.63, 3.8) is 0 Å². The number of aromatic amines is 5. The molecule has 5 aliphatic rings. The molecule has 5 aliphatic heterocycles. The molecule has 7 N–H and O–H groups in total. The number of H-pyrrole nitrogens is 5. The Labute approximate surface area is 822 Å². The number of allylic oxidation sites excluding steroid dienone is 4. The molecule has 10 atom stereocenters. The molecule has 0 aromatic carbocycles. The first-order chi connectivity index (χ1) is 68.9. The molecular weight excluding hydrogens is 1810 g/mol. The van der Waals surface area contributed by atoms with E-state index in [4.69, 9.17) is 46.1 Å². The van der Waals surface area contributed by atoms with Gasteiger partial charge in [-0.2, -0.15) is 35.9 Å². The number of likely N-dealkylation sites (tertiary alicyclic amines) is 5. The summed E-state index contributed by atoms with van der Waals surface area (Å²) in [6.45, 7) is 26.2. The van der Waals surface area contributed by atoms with Crippen molar-refractivity contribution in [2.75, 3.05) is 123 Å². The van der Waals surface area contributed by atoms with Gasteiger partial charge in [-0.3, -0.25) is 38.4 Å². The van der Waals surface area contributed by atoms with Gasteiger partial charge in [0.25, 0.3) is 0 Å². The lowest BCUT2D eigenvalue weighted by atomic mass is 9.86. The van der Waals surface area contributed by atoms with E-state index in [-0.39, 0.29) is 128 Å². The summed E-state index contributed by atoms with van der Waals surface area (Å²) >= 11 is 0. The number of aromatic nitrogens is 15. The summed E-state index contributed by atoms with van der Waals surface area (Å²) in [6, 6.07) is 19.6. The number of amides is 6. The van der Waals surface area contributed by atoms with Gasteiger partial charge in [-0.05, 0) is 137 Å². The summed E-state index contributed by atoms with van der Waals surface area (Å²) in [5, 5.41) is 56.8. The van der Waals surface area contributed by atoms with Crippen molar-refractivity contribution in [2.45, 2.75) is 156 Å². The van der Waals surface area contributed by atoms with Crippen LogP contribution in [0.4, 0.5) is 29.1 Å². The van der Waals surface area contributed by atoms with E-state index in [0.717, 1.165) is 118 Å². The van der Waals surface area contributed by atoms with Gasteiger partial charge in [-0.25, -0.2) is 60.0 Å². The number of likely N-dealkylation sites (N-methyl/N-ethyl adjacent to an activating group) is 1. The van der Waals surface area contributed by atoms with Crippen LogP contribution in [0.3, 0.4) is 0 Å². The molecule has 10 aromatic rings. The Kier molecular flexibility index (Phi) is 43.0. The number of fused-ring (bicyclic) bond motifs is 5. The van der Waals surface area contributed by atoms with Crippen LogP contribution < -0.4 is 29.8 Å². The van der Waals surface area contributed by atoms with Crippen molar-refractivity contribution in [3.8, 4) is 30.3 Å². The summed E-state index contributed by atoms with van der Waals surface area (Å²) in [7, 11) is 1.92. The first-order valence-electron chi connectivity index (χ1n) is 46.7. The van der Waals surface area contributed by atoms with Crippen LogP contribution in [0.15, 0.2) is 154 Å². The highest BCUT2D eigenvalue weighted by atomic mass is 16.2. The second-order valence-electron chi connectivity index (χ2n) is 34.4. The fraction of sp³-hybridized carbons (Fsp3) is 0.444. The fourth-order valence-corrected chi connectivity index (χ4v) is 18.3. The van der Waals surface area contributed by atoms with Crippen molar-refractivity contribution >= 4 is 144 Å². The minimum atomic E-state index is -0.182. The van der Waals surface area contributed by atoms with Gasteiger partial charge in [0, 0.05) is 136 Å². The standard InChI is InChI=1S/C20H24N6O2.C20H26N6O.C19H23N7O2.C19H22N6O2.C19H24N6O.CHNO.CO2/c1-3-4-15(27)11-26(20-16-6-9-22-19(16)23-13-24-20)17-12-25(10-7-14(17)2)18(28)5-8-21;1-3-4-5-11-26(20-16-7-10-22-19(16)23-14-24-20)17-13-25(12-8-15(17)2)18(27)6-9-21;1-14-5-10-25(17(28)3-6-20)11-16(14)26(9-2-7-21-13-27)19-15-4-8-22-18(15)23-12-24-19;1-3-14(26)10-13-6-9-25(17(27)4-7-20)11-16(13)24(2)19-15-5-8-21-18(15)22-12-23-19;1-3-4-10-25(19-15-6-9-21-18(15)22-13-23-19)16-12-24(11-7-14(16)2)17(26)5-8-20;2*2-1-3/h3-4,6,9,13-14,17H,5,7,10-12H2,1-2H3,(H,22,23,24);3-4,7,10,14-15,17H,5-6,8,11-13H2,1-2H3,(H,22,23,24);2,4,7-8,12-14,16H,3,5,9-11H2,1H3,(H,21,27)(H,22,23,24);3,5,8,12-13,16H,1,4,6,9-11H2,2H3,(H,21,22,23);3-4,6,9,13-14,16H,5,7,10-12H2,1-2H3,(H,21,22,23);2H;/b2*4-3+;7-2+;;4-3+;;/t14-,17?;15-,17?;14-,16?;13-,16?;14-,16?;;/m11101../s1. The molecule has 43 nitrogen and oxygen atoms in total. The average Bonchev–Trinajstić information content (AvgIpc) is 1.52. The van der Waals surface area contributed by atoms with Gasteiger partial charge < -0.3 is 79.2 Å². The quantitative estimate of drug-likeness (QED) is 0.00723. The molecule has 15 rings (SSSR count). The second kappa shape index (κ2) is 56.1. The molecule has 5 unspecified atom stereocenters. The molecule has 43 heteroatoms. The molecule has 15 heterocycles. The SMILES string of the molecule is C/C=C/C(=O)CN(c1ncnc2[nH]ccc12)C1CN(C(=O)CC#N)CC[C@H]1C.C/C=C/CCN(c1ncnc2[nH]ccc12)C1CN(C(=O)CC#N)CC[C@H]1C.C/C=C/CN(c1ncnc2[nH]ccc12)C1CN(C(=O)CC#N)CC[C@H]1C.C=CC(=O)C[C@@H]1CCN(C(=O)CC#N)CC1N(C)c1ncnc2[nH]ccc12.C[C@@H]1CCN(C(=O)CC#N)CC1N(C/C=C/NC=O)c1ncnc2[nH]ccc12.N=C=O.O=C=O. The average molecular weight is 1930 g/mol. The largest absolute Gasteiger partial charge is 0.373 e. The summed E-state index contributed by atoms with van der Waals surface area (Å²) in [6.07, 6.45) is 39.7. The normalized spacial score (nSPS) is 19.1. The smallest absolute Gasteiger partial charge is 0.354 e. The number of nitrogens with zero attached hydrogens (tertiary/aromatic N) is 25. The summed E-state index contributed by atoms with van der Waals surface area (Å²) in [4.78, 5) is 200. The Balaban J connectivity index is 0.000000195. The van der Waals surface area contributed by atoms with Crippen LogP contribution in [0.1, 0.15) is 126 Å². The van der Waals surface area contributed by atoms with Crippen LogP contribution in [0, 0.1) is 91.7 Å². The lowest BCUT2D eigenvalue weighted by molar-refractivity contribution is -0.192. The number of hydrogen-bond donors (Lipinski definition) is 7. The number of isocyanates is 1. The third-order valence-corrected chi connectivity index (χ3v) is 25.8. The molecular formula is C99H120N32O11. The molecule has 0 radical (unpaired) electrons. The van der Waals surface area contributed by atoms with Crippen molar-refractivity contribution in [1.82, 2.24) is 105 Å². The van der Waals surface area contributed by atoms with Crippen LogP contribution in [-0.4, -0.2) is 288 Å². The van der Waals surface area contributed by atoms with E-state index >= 15 is 0 Å². The van der Waals surface area contributed by atoms with E-state index in [1.807, 2.05) is 139 Å². The minimum absolute atomic E-state index is 0.00956. The van der Waals surface area contributed by atoms with Gasteiger partial charge in [0.2, 0.25) is 42.0 Å². The Bertz CT molecular complexity index is 6330. The topological polar surface area (TPSA) is 583 Å². The highest BCUT2D eigenvalue weighted by Gasteiger charge is 2.41. The third kappa shape index (κ3) is 29.1. The molecule has 142 heavy (non-hydrogen) atoms. The summed E-state index contributed by atoms with van der Waals surface area (Å²) in [5.41, 5.74) is 3.80. The van der Waals surface area contributed by atoms with Gasteiger partial charge in [-0.1, -0.05) is 64.7 Å². The van der Waals surface area contributed by atoms with E-state index in [0.29, 0.717) is 127 Å². The Morgan fingerprint density at radius 3 is 1.07 bits per heavy atom. The summed E-state index contributed by atoms with van der Waals surface area (Å²) in [5.74, 6) is 4.73. The Morgan fingerprint density at radius 1 is 0.437 bits per heavy atom. The van der Waals surface area contributed by atoms with E-state index in [2.05, 4.69) is 147 Å². The maximum Gasteiger partial charge on any atom is 0.373 e. The van der Waals surface area contributed by atoms with Crippen molar-refractivity contribution in [3.05, 3.63) is 154 Å². The maximum atomic E-state index is 12.5. The second-order valence-corrected chi connectivity index (χ2v) is 34.4. The molecule has 0 bridgehead atoms. The number of piperidine rings is 5. The van der Waals surface area contributed by atoms with Gasteiger partial charge in [-0.15, -0.1) is 0 Å². The summed E-state index contributed by atoms with van der Waals surface area (Å²) < 4.78 is 0. The minimum Gasteiger partial charge on any atom is -0.354 e. The zero-order chi connectivity index (χ0) is 103. The molecule has 5 fully saturated rings. The number of rotatable bonds is 30. The van der Waals surface area contributed by atoms with Gasteiger partial charge in [0.1, 0.15) is 121 Å². The molecule has 0 aliphatic carbocycles. The zero-order valence-electron chi connectivity index (χ0n) is 81.0. The van der Waals surface area contributed by atoms with E-state index in [1.54, 1.807) is 58.1 Å². The molecule has 6 amide bonds. The zero-order valence-corrected chi connectivity index (χ0v) is 81.0. The lowest BCUT2D eigenvalue weighted by Crippen LogP contribution is -2.55. The number of ketones is 2. The first-order valence-corrected chi connectivity index (χ1v) is 46.7. The third-order valence-electron chi connectivity index (χ3n) is 25.8. The Hall–Kier alpha value is -16.8. The first kappa shape index (κ1) is 109. The Morgan fingerprint density at radius 2 is 0.739 bits per heavy atom. The van der Waals surface area contributed by atoms with E-state index < -0.39 is 0 Å². The monoisotopic (exact) mass is 1930 g/mol. The highest BCUT2D eigenvalue weighted by Crippen LogP contribution is 2.38. The van der Waals surface area contributed by atoms with Crippen LogP contribution in [0.2, 0.25) is 0 Å². The number of nitrogens with one attached hydrogen (secondary N) is 7. The van der Waals surface area contributed by atoms with E-state index in [1.165, 1.54) is 25.1 Å². The van der Waals surface area contributed by atoms with Crippen LogP contribution in [0.25, 0.3) is 55.2 Å². The number of carbonyl (C=O) groups is 8. The fourth-order valence-electron chi connectivity index (χ4n) is 18.3. The number of anilines is 5. The van der Waals surface area contributed by atoms with Gasteiger partial charge in [0.15, 0.2) is 11.6 Å². The van der Waals surface area contributed by atoms with Crippen molar-refractivity contribution < 1.29 is 52.7 Å². The predicted molar refractivity (Wildman–Crippen MR) is 529 cm³/mol. The molecule has 742 valence electrons. The van der Waals surface area contributed by atoms with Gasteiger partial charge in [0.05, 0.1) is 94.0 Å². The predicted octanol–water partition coefficient (Wildman–Crippen LogP) is 9.59. The molecule has 10 aromatic heterocycles. The number of nitriles is 5. The molecule has 0 spiro atoms.